The number of amides is 2. The fourth-order valence-corrected chi connectivity index (χ4v) is 5.09. The standard InChI is InChI=1S/C16H21ClN2O4S/c1-11(20)18-14(12-3-5-13(17)6-4-12)9-15(21)19-16(2)7-8-24(22,23)10-16/h3-6,14H,7-10H2,1-2H3,(H,18,20)(H,19,21). The van der Waals surface area contributed by atoms with Crippen molar-refractivity contribution in [1.82, 2.24) is 10.6 Å². The Morgan fingerprint density at radius 2 is 1.92 bits per heavy atom. The van der Waals surface area contributed by atoms with E-state index in [0.29, 0.717) is 11.4 Å². The van der Waals surface area contributed by atoms with Crippen LogP contribution in [0.4, 0.5) is 0 Å². The molecule has 1 heterocycles. The van der Waals surface area contributed by atoms with Gasteiger partial charge in [0, 0.05) is 11.9 Å². The molecular formula is C16H21ClN2O4S. The van der Waals surface area contributed by atoms with Gasteiger partial charge in [-0.05, 0) is 31.0 Å². The van der Waals surface area contributed by atoms with Gasteiger partial charge in [-0.15, -0.1) is 0 Å². The van der Waals surface area contributed by atoms with Gasteiger partial charge in [-0.2, -0.15) is 0 Å². The number of nitrogens with one attached hydrogen (secondary N) is 2. The summed E-state index contributed by atoms with van der Waals surface area (Å²) in [6.07, 6.45) is 0.420. The molecule has 1 aliphatic rings. The van der Waals surface area contributed by atoms with E-state index in [1.54, 1.807) is 31.2 Å². The lowest BCUT2D eigenvalue weighted by molar-refractivity contribution is -0.124. The number of carbonyl (C=O) groups is 2. The molecule has 0 aromatic heterocycles. The Labute approximate surface area is 146 Å². The van der Waals surface area contributed by atoms with E-state index in [1.807, 2.05) is 0 Å². The van der Waals surface area contributed by atoms with Gasteiger partial charge in [0.25, 0.3) is 0 Å². The molecule has 1 aromatic rings. The van der Waals surface area contributed by atoms with Crippen LogP contribution in [0.2, 0.25) is 5.02 Å². The second-order valence-corrected chi connectivity index (χ2v) is 9.08. The predicted octanol–water partition coefficient (Wildman–Crippen LogP) is 1.60. The normalized spacial score (nSPS) is 23.5. The van der Waals surface area contributed by atoms with Gasteiger partial charge >= 0.3 is 0 Å². The molecule has 1 aromatic carbocycles. The molecule has 24 heavy (non-hydrogen) atoms. The molecule has 2 atom stereocenters. The van der Waals surface area contributed by atoms with Crippen LogP contribution in [0.3, 0.4) is 0 Å². The first kappa shape index (κ1) is 18.7. The van der Waals surface area contributed by atoms with E-state index in [9.17, 15) is 18.0 Å². The molecule has 132 valence electrons. The Balaban J connectivity index is 2.07. The number of benzene rings is 1. The van der Waals surface area contributed by atoms with E-state index in [-0.39, 0.29) is 29.7 Å². The maximum absolute atomic E-state index is 12.4. The van der Waals surface area contributed by atoms with Crippen LogP contribution in [-0.4, -0.2) is 37.3 Å². The van der Waals surface area contributed by atoms with Gasteiger partial charge < -0.3 is 10.6 Å². The van der Waals surface area contributed by atoms with E-state index in [0.717, 1.165) is 5.56 Å². The lowest BCUT2D eigenvalue weighted by Crippen LogP contribution is -2.48. The maximum atomic E-state index is 12.4. The maximum Gasteiger partial charge on any atom is 0.222 e. The SMILES string of the molecule is CC(=O)NC(CC(=O)NC1(C)CCS(=O)(=O)C1)c1ccc(Cl)cc1. The first-order chi connectivity index (χ1) is 11.1. The molecular weight excluding hydrogens is 352 g/mol. The zero-order valence-electron chi connectivity index (χ0n) is 13.6. The van der Waals surface area contributed by atoms with Crippen molar-refractivity contribution in [2.75, 3.05) is 11.5 Å². The van der Waals surface area contributed by atoms with Crippen LogP contribution in [-0.2, 0) is 19.4 Å². The number of halogens is 1. The van der Waals surface area contributed by atoms with Gasteiger partial charge in [-0.1, -0.05) is 23.7 Å². The fraction of sp³-hybridized carbons (Fsp3) is 0.500. The molecule has 2 rings (SSSR count). The summed E-state index contributed by atoms with van der Waals surface area (Å²) in [4.78, 5) is 23.8. The smallest absolute Gasteiger partial charge is 0.222 e. The molecule has 0 spiro atoms. The fourth-order valence-electron chi connectivity index (χ4n) is 2.87. The minimum Gasteiger partial charge on any atom is -0.350 e. The van der Waals surface area contributed by atoms with Crippen LogP contribution in [0.15, 0.2) is 24.3 Å². The molecule has 0 aliphatic carbocycles. The van der Waals surface area contributed by atoms with Crippen LogP contribution in [0.25, 0.3) is 0 Å². The van der Waals surface area contributed by atoms with Crippen LogP contribution < -0.4 is 10.6 Å². The average Bonchev–Trinajstić information content (AvgIpc) is 2.71. The van der Waals surface area contributed by atoms with Gasteiger partial charge in [-0.25, -0.2) is 8.42 Å². The summed E-state index contributed by atoms with van der Waals surface area (Å²) in [6.45, 7) is 3.11. The highest BCUT2D eigenvalue weighted by atomic mass is 35.5. The molecule has 8 heteroatoms. The Kier molecular flexibility index (Phi) is 5.55. The third-order valence-corrected chi connectivity index (χ3v) is 6.14. The highest BCUT2D eigenvalue weighted by molar-refractivity contribution is 7.91. The third-order valence-electron chi connectivity index (χ3n) is 3.98. The van der Waals surface area contributed by atoms with Crippen molar-refractivity contribution >= 4 is 33.3 Å². The first-order valence-electron chi connectivity index (χ1n) is 7.63. The number of hydrogen-bond acceptors (Lipinski definition) is 4. The number of hydrogen-bond donors (Lipinski definition) is 2. The number of rotatable bonds is 5. The van der Waals surface area contributed by atoms with Gasteiger partial charge in [0.1, 0.15) is 0 Å². The Bertz CT molecular complexity index is 733. The minimum atomic E-state index is -3.10. The van der Waals surface area contributed by atoms with Gasteiger partial charge in [-0.3, -0.25) is 9.59 Å². The minimum absolute atomic E-state index is 0.0247. The average molecular weight is 373 g/mol. The summed E-state index contributed by atoms with van der Waals surface area (Å²) in [5.41, 5.74) is 0.00500. The molecule has 0 saturated carbocycles. The second-order valence-electron chi connectivity index (χ2n) is 6.46. The molecule has 2 amide bonds. The monoisotopic (exact) mass is 372 g/mol. The lowest BCUT2D eigenvalue weighted by atomic mass is 9.99. The van der Waals surface area contributed by atoms with Crippen molar-refractivity contribution in [3.63, 3.8) is 0 Å². The van der Waals surface area contributed by atoms with E-state index in [2.05, 4.69) is 10.6 Å². The van der Waals surface area contributed by atoms with Gasteiger partial charge in [0.15, 0.2) is 9.84 Å². The van der Waals surface area contributed by atoms with Crippen molar-refractivity contribution in [3.05, 3.63) is 34.9 Å². The second kappa shape index (κ2) is 7.11. The predicted molar refractivity (Wildman–Crippen MR) is 92.4 cm³/mol. The molecule has 1 saturated heterocycles. The Morgan fingerprint density at radius 3 is 2.42 bits per heavy atom. The van der Waals surface area contributed by atoms with Crippen LogP contribution in [0.1, 0.15) is 38.3 Å². The summed E-state index contributed by atoms with van der Waals surface area (Å²) >= 11 is 5.86. The van der Waals surface area contributed by atoms with Crippen molar-refractivity contribution in [2.45, 2.75) is 38.3 Å². The van der Waals surface area contributed by atoms with Crippen molar-refractivity contribution in [2.24, 2.45) is 0 Å². The quantitative estimate of drug-likeness (QED) is 0.821. The molecule has 2 N–H and O–H groups in total. The lowest BCUT2D eigenvalue weighted by Gasteiger charge is -2.26. The molecule has 1 aliphatic heterocycles. The van der Waals surface area contributed by atoms with E-state index < -0.39 is 21.4 Å². The van der Waals surface area contributed by atoms with Crippen LogP contribution >= 0.6 is 11.6 Å². The van der Waals surface area contributed by atoms with E-state index >= 15 is 0 Å². The summed E-state index contributed by atoms with van der Waals surface area (Å²) < 4.78 is 23.3. The van der Waals surface area contributed by atoms with Crippen molar-refractivity contribution in [3.8, 4) is 0 Å². The molecule has 2 unspecified atom stereocenters. The van der Waals surface area contributed by atoms with Crippen molar-refractivity contribution in [1.29, 1.82) is 0 Å². The van der Waals surface area contributed by atoms with Crippen LogP contribution in [0, 0.1) is 0 Å². The highest BCUT2D eigenvalue weighted by Crippen LogP contribution is 2.24. The molecule has 0 radical (unpaired) electrons. The van der Waals surface area contributed by atoms with Gasteiger partial charge in [0.05, 0.1) is 29.5 Å². The van der Waals surface area contributed by atoms with Crippen molar-refractivity contribution < 1.29 is 18.0 Å². The van der Waals surface area contributed by atoms with E-state index in [4.69, 9.17) is 11.6 Å². The largest absolute Gasteiger partial charge is 0.350 e. The van der Waals surface area contributed by atoms with Crippen LogP contribution in [0.5, 0.6) is 0 Å². The summed E-state index contributed by atoms with van der Waals surface area (Å²) in [7, 11) is -3.10. The summed E-state index contributed by atoms with van der Waals surface area (Å²) in [5, 5.41) is 6.10. The van der Waals surface area contributed by atoms with E-state index in [1.165, 1.54) is 6.92 Å². The topological polar surface area (TPSA) is 92.3 Å². The Hall–Kier alpha value is -1.60. The zero-order chi connectivity index (χ0) is 18.0. The number of carbonyl (C=O) groups excluding carboxylic acids is 2. The summed E-state index contributed by atoms with van der Waals surface area (Å²) in [5.74, 6) is -0.533. The molecule has 1 fully saturated rings. The Morgan fingerprint density at radius 1 is 1.29 bits per heavy atom. The zero-order valence-corrected chi connectivity index (χ0v) is 15.2. The third kappa shape index (κ3) is 5.21. The summed E-state index contributed by atoms with van der Waals surface area (Å²) in [6, 6.07) is 6.38. The molecule has 0 bridgehead atoms. The number of sulfone groups is 1. The molecule has 6 nitrogen and oxygen atoms in total. The van der Waals surface area contributed by atoms with Gasteiger partial charge in [0.2, 0.25) is 11.8 Å². The highest BCUT2D eigenvalue weighted by Gasteiger charge is 2.39. The first-order valence-corrected chi connectivity index (χ1v) is 9.82.